The molecule has 672 valence electrons. The van der Waals surface area contributed by atoms with Gasteiger partial charge in [-0.25, -0.2) is 0 Å². The molecule has 0 aliphatic carbocycles. The summed E-state index contributed by atoms with van der Waals surface area (Å²) in [5.41, 5.74) is 12.2. The third-order valence-electron chi connectivity index (χ3n) is 16.8. The second kappa shape index (κ2) is 43.9. The van der Waals surface area contributed by atoms with Gasteiger partial charge in [0.2, 0.25) is 0 Å². The third kappa shape index (κ3) is 23.8. The van der Waals surface area contributed by atoms with Crippen molar-refractivity contribution in [3.8, 4) is 46.0 Å². The minimum atomic E-state index is -4.31. The van der Waals surface area contributed by atoms with Gasteiger partial charge in [-0.3, -0.25) is 38.8 Å². The molecular weight excluding hydrogens is 1520 g/mol. The molecule has 12 unspecified atom stereocenters. The molecule has 120 heavy (non-hydrogen) atoms. The number of esters is 4. The van der Waals surface area contributed by atoms with Crippen molar-refractivity contribution in [3.63, 3.8) is 0 Å². The molecule has 8 aliphatic rings. The van der Waals surface area contributed by atoms with Gasteiger partial charge in [0.25, 0.3) is 0 Å². The summed E-state index contributed by atoms with van der Waals surface area (Å²) in [6, 6.07) is -42.2. The zero-order valence-corrected chi connectivity index (χ0v) is 67.0. The Labute approximate surface area is 840 Å². The van der Waals surface area contributed by atoms with E-state index in [1.165, 1.54) is 55.4 Å². The Hall–Kier alpha value is -7.16. The molecule has 12 rings (SSSR count). The molecule has 0 saturated carbocycles. The van der Waals surface area contributed by atoms with Crippen LogP contribution in [0.1, 0.15) is 349 Å². The first-order valence-electron chi connectivity index (χ1n) is 79.3. The monoisotopic (exact) mass is 1760 g/mol. The normalized spacial score (nSPS) is 50.2. The van der Waals surface area contributed by atoms with E-state index in [9.17, 15) is 53.4 Å². The zero-order valence-electron chi connectivity index (χ0n) is 154. The predicted molar refractivity (Wildman–Crippen MR) is 471 cm³/mol. The molecule has 4 fully saturated rings. The first-order chi connectivity index (χ1) is 90.7. The molecule has 0 aromatic heterocycles. The minimum Gasteiger partial charge on any atom is -0.493 e. The highest BCUT2D eigenvalue weighted by molar-refractivity contribution is 5.77. The van der Waals surface area contributed by atoms with Crippen molar-refractivity contribution >= 4 is 23.9 Å². The van der Waals surface area contributed by atoms with E-state index < -0.39 is 504 Å². The number of methoxy groups -OCH3 is 8. The lowest BCUT2D eigenvalue weighted by atomic mass is 9.79. The molecule has 0 spiro atoms. The maximum Gasteiger partial charge on any atom is 0.323 e. The molecule has 24 heteroatoms. The van der Waals surface area contributed by atoms with Crippen LogP contribution in [0.25, 0.3) is 0 Å². The number of carbonyl (C=O) groups excluding carboxylic acids is 4. The highest BCUT2D eigenvalue weighted by Gasteiger charge is 2.47. The highest BCUT2D eigenvalue weighted by atomic mass is 16.6. The molecule has 24 nitrogen and oxygen atoms in total. The number of ether oxygens (including phenoxy) is 12. The van der Waals surface area contributed by atoms with E-state index in [2.05, 4.69) is 0 Å². The number of carbonyl (C=O) groups is 4. The van der Waals surface area contributed by atoms with E-state index in [1.54, 1.807) is 0 Å². The Morgan fingerprint density at radius 3 is 0.833 bits per heavy atom. The van der Waals surface area contributed by atoms with Gasteiger partial charge in [-0.15, -0.1) is 0 Å². The van der Waals surface area contributed by atoms with E-state index >= 15 is 0 Å². The molecule has 8 heterocycles. The van der Waals surface area contributed by atoms with Gasteiger partial charge < -0.3 is 79.8 Å². The maximum atomic E-state index is 13.8. The molecule has 4 saturated heterocycles. The van der Waals surface area contributed by atoms with Gasteiger partial charge in [-0.1, -0.05) is 110 Å². The van der Waals surface area contributed by atoms with Crippen molar-refractivity contribution < 1.29 is 195 Å². The molecule has 4 aromatic rings. The van der Waals surface area contributed by atoms with Crippen molar-refractivity contribution in [2.75, 3.05) is 109 Å². The fraction of sp³-hybridized carbons (Fsp3) is 0.708. The number of nitrogens with zero attached hydrogens (tertiary/aromatic N) is 4. The van der Waals surface area contributed by atoms with Crippen LogP contribution in [-0.2, 0) is 63.6 Å². The highest BCUT2D eigenvalue weighted by Crippen LogP contribution is 2.50. The van der Waals surface area contributed by atoms with E-state index in [0.717, 1.165) is 42.7 Å². The van der Waals surface area contributed by atoms with E-state index in [-0.39, 0.29) is 19.6 Å². The van der Waals surface area contributed by atoms with Crippen molar-refractivity contribution in [1.82, 2.24) is 19.6 Å². The number of nitrogens with two attached hydrogens (primary N) is 4. The Balaban J connectivity index is 0.000000298. The third-order valence-corrected chi connectivity index (χ3v) is 16.8. The lowest BCUT2D eigenvalue weighted by molar-refractivity contribution is -0.161. The molecule has 4 aromatic carbocycles. The summed E-state index contributed by atoms with van der Waals surface area (Å²) in [6.45, 7) is -53.0. The lowest BCUT2D eigenvalue weighted by Crippen LogP contribution is -2.51. The summed E-state index contributed by atoms with van der Waals surface area (Å²) in [5, 5.41) is 0. The number of rotatable bonds is 28. The summed E-state index contributed by atoms with van der Waals surface area (Å²) < 4.78 is 803. The quantitative estimate of drug-likeness (QED) is 0.0303. The van der Waals surface area contributed by atoms with Gasteiger partial charge in [0, 0.05) is 213 Å². The standard InChI is InChI=1S/4C24H38N2O4/c4*1-14(2)9-17-13-26-8-7-16-10-21(28-5)22(29-6)11-18(16)19(26)12-20(17)30-24(27)23(25)15(3)4/h4*10-11,14-15,17,19-20,23H,7-9,12-13,25H2,1-6H3/t4*17?,19?,20?,23-/m0000/s1/i3D3,4D3,7D2,8D2,10D,11D,12D2,13D2,15D,17D,19D,20D,23D;2*3D3,4D3,5D3,7D2,8D2,10D,11D,12D2,13D2,15D,17D,19D,23D;3D3,4D3,7D2,8D2,10D,11D,12D2,13D2,15D,17D,19D,23D. The molecule has 8 N–H and O–H groups in total. The fourth-order valence-electron chi connectivity index (χ4n) is 11.3. The average Bonchev–Trinajstić information content (AvgIpc) is 0.631. The van der Waals surface area contributed by atoms with Crippen LogP contribution in [-0.4, -0.2) is 201 Å². The van der Waals surface area contributed by atoms with Gasteiger partial charge in [0.15, 0.2) is 46.0 Å². The smallest absolute Gasteiger partial charge is 0.323 e. The number of hydrogen-bond acceptors (Lipinski definition) is 24. The second-order valence-electron chi connectivity index (χ2n) is 27.4. The van der Waals surface area contributed by atoms with Crippen molar-refractivity contribution in [1.29, 1.82) is 0 Å². The van der Waals surface area contributed by atoms with Crippen molar-refractivity contribution in [2.45, 2.75) is 259 Å². The SMILES string of the molecule is [2H]c1c(OC([2H])([2H])[2H])c(OC)c([2H])c2c1C([2H])([2H])C([2H])([2H])N1C([2H])([2H])C([2H])(CC(C)C)C(OC(=O)[C@@]([2H])(N)C([2H])(C([2H])([2H])[2H])C([2H])([2H])[2H])C([2H])([2H])C21[2H].[2H]c1c(OC([2H])([2H])[2H])c(OC)c([2H])c2c1C([2H])([2H])C([2H])([2H])N1C([2H])([2H])C([2H])(CC(C)C)C(OC(=O)[C@@]([2H])(N)C([2H])(C([2H])([2H])[2H])C([2H])([2H])[2H])C([2H])([2H])C21[2H].[2H]c1c(OC)c(OC)c([2H])c2c1C([2H])([2H])C([2H])([2H])N1C([2H])([2H])C([2H])(CC(C)C)C(OC(=O)[C@@]([2H])(N)C([2H])(C([2H])([2H])[2H])C([2H])([2H])[2H])C([2H])([2H])C21[2H].[2H]c1c(OC)c(OC)c([2H])c2c1C([2H])([2H])C([2H])([2H])N1C([2H])([2H])C([2H])(CC(C)C)C([2H])(OC(=O)[C@@]([2H])(N)C([2H])(C([2H])([2H])[2H])C([2H])([2H])[2H])C([2H])([2H])C21[2H]. The Morgan fingerprint density at radius 2 is 0.592 bits per heavy atom. The van der Waals surface area contributed by atoms with Gasteiger partial charge >= 0.3 is 23.9 Å². The van der Waals surface area contributed by atoms with E-state index in [0.29, 0.717) is 0 Å². The number of hydrogen-bond donors (Lipinski definition) is 4. The Morgan fingerprint density at radius 1 is 0.367 bits per heavy atom. The fourth-order valence-corrected chi connectivity index (χ4v) is 11.3. The topological polar surface area (TPSA) is 296 Å². The first-order valence-corrected chi connectivity index (χ1v) is 35.8. The summed E-state index contributed by atoms with van der Waals surface area (Å²) >= 11 is 0. The Bertz CT molecular complexity index is 7980. The van der Waals surface area contributed by atoms with Gasteiger partial charge in [-0.2, -0.15) is 0 Å². The predicted octanol–water partition coefficient (Wildman–Crippen LogP) is 14.3. The van der Waals surface area contributed by atoms with Crippen LogP contribution in [0, 0.1) is 70.8 Å². The van der Waals surface area contributed by atoms with Crippen LogP contribution in [0.15, 0.2) is 48.3 Å². The summed E-state index contributed by atoms with van der Waals surface area (Å²) in [4.78, 5) is 53.8. The van der Waals surface area contributed by atoms with Crippen molar-refractivity contribution in [3.05, 3.63) is 92.8 Å². The lowest BCUT2D eigenvalue weighted by Gasteiger charge is -2.47. The molecule has 0 bridgehead atoms. The van der Waals surface area contributed by atoms with Crippen LogP contribution in [0.3, 0.4) is 0 Å². The van der Waals surface area contributed by atoms with E-state index in [1.807, 2.05) is 0 Å². The summed E-state index contributed by atoms with van der Waals surface area (Å²) in [7, 11) is -1.32. The van der Waals surface area contributed by atoms with Crippen LogP contribution in [0.5, 0.6) is 46.0 Å². The van der Waals surface area contributed by atoms with Gasteiger partial charge in [0.05, 0.1) is 88.3 Å². The van der Waals surface area contributed by atoms with Crippen LogP contribution in [0.4, 0.5) is 0 Å². The largest absolute Gasteiger partial charge is 0.493 e. The maximum absolute atomic E-state index is 13.8. The van der Waals surface area contributed by atoms with Crippen LogP contribution < -0.4 is 60.8 Å². The number of benzene rings is 4. The average molecular weight is 1760 g/mol. The molecule has 8 aliphatic heterocycles. The molecular formula is C96H152N8O16. The van der Waals surface area contributed by atoms with Gasteiger partial charge in [0.1, 0.15) is 48.5 Å². The molecule has 0 radical (unpaired) electrons. The number of fused-ring (bicyclic) bond motifs is 12. The number of piperidine rings is 4. The summed E-state index contributed by atoms with van der Waals surface area (Å²) in [5.74, 6) is -51.6. The Kier molecular flexibility index (Phi) is 12.0. The van der Waals surface area contributed by atoms with E-state index in [4.69, 9.17) is 165 Å². The first kappa shape index (κ1) is 32.7. The van der Waals surface area contributed by atoms with Gasteiger partial charge in [-0.05, 0) is 191 Å². The van der Waals surface area contributed by atoms with Crippen LogP contribution >= 0.6 is 0 Å². The second-order valence-corrected chi connectivity index (χ2v) is 27.4. The molecule has 0 amide bonds. The minimum absolute atomic E-state index is 0.255. The zero-order chi connectivity index (χ0) is 164. The van der Waals surface area contributed by atoms with Crippen molar-refractivity contribution in [2.24, 2.45) is 93.8 Å². The van der Waals surface area contributed by atoms with Crippen LogP contribution in [0.2, 0.25) is 0 Å². The summed E-state index contributed by atoms with van der Waals surface area (Å²) in [6.07, 6.45) is -48.4. The molecule has 16 atom stereocenters.